The number of nitrogens with two attached hydrogens (primary N) is 1. The Morgan fingerprint density at radius 2 is 1.86 bits per heavy atom. The van der Waals surface area contributed by atoms with Crippen LogP contribution in [-0.4, -0.2) is 32.6 Å². The summed E-state index contributed by atoms with van der Waals surface area (Å²) in [5, 5.41) is 12.7. The Morgan fingerprint density at radius 3 is 2.66 bits per heavy atom. The van der Waals surface area contributed by atoms with Gasteiger partial charge in [-0.1, -0.05) is 80.0 Å². The first-order valence-electron chi connectivity index (χ1n) is 10.4. The van der Waals surface area contributed by atoms with Crippen molar-refractivity contribution in [1.82, 2.24) is 14.9 Å². The SMILES string of the molecule is Nn1c(N/N=C/c2ccccc2OCc2cccc(Br)c2)nnc1SCC(=O)c1ccc(Br)cc1. The number of ketones is 1. The molecular weight excluding hydrogens is 596 g/mol. The number of anilines is 1. The van der Waals surface area contributed by atoms with E-state index in [1.165, 1.54) is 16.4 Å². The Bertz CT molecular complexity index is 1340. The molecule has 178 valence electrons. The lowest BCUT2D eigenvalue weighted by Gasteiger charge is -2.09. The van der Waals surface area contributed by atoms with Gasteiger partial charge in [-0.3, -0.25) is 4.79 Å². The second kappa shape index (κ2) is 12.0. The Balaban J connectivity index is 1.34. The third-order valence-electron chi connectivity index (χ3n) is 4.73. The van der Waals surface area contributed by atoms with Crippen LogP contribution in [0, 0.1) is 0 Å². The number of ether oxygens (including phenoxy) is 1. The second-order valence-corrected chi connectivity index (χ2v) is 10.00. The smallest absolute Gasteiger partial charge is 0.264 e. The predicted molar refractivity (Wildman–Crippen MR) is 146 cm³/mol. The average Bonchev–Trinajstić information content (AvgIpc) is 3.21. The molecule has 4 aromatic rings. The van der Waals surface area contributed by atoms with Crippen LogP contribution in [0.15, 0.2) is 92.0 Å². The maximum absolute atomic E-state index is 12.4. The minimum absolute atomic E-state index is 0.0301. The van der Waals surface area contributed by atoms with Gasteiger partial charge < -0.3 is 10.6 Å². The lowest BCUT2D eigenvalue weighted by molar-refractivity contribution is 0.102. The number of carbonyl (C=O) groups is 1. The number of rotatable bonds is 10. The van der Waals surface area contributed by atoms with E-state index in [1.807, 2.05) is 60.7 Å². The van der Waals surface area contributed by atoms with Gasteiger partial charge in [-0.25, -0.2) is 10.1 Å². The molecule has 0 unspecified atom stereocenters. The molecule has 0 saturated heterocycles. The van der Waals surface area contributed by atoms with E-state index in [4.69, 9.17) is 10.6 Å². The van der Waals surface area contributed by atoms with Crippen LogP contribution in [-0.2, 0) is 6.61 Å². The highest BCUT2D eigenvalue weighted by atomic mass is 79.9. The van der Waals surface area contributed by atoms with Crippen LogP contribution in [0.25, 0.3) is 0 Å². The minimum Gasteiger partial charge on any atom is -0.488 e. The van der Waals surface area contributed by atoms with Crippen molar-refractivity contribution in [3.8, 4) is 5.75 Å². The fourth-order valence-corrected chi connectivity index (χ4v) is 4.43. The third-order valence-corrected chi connectivity index (χ3v) is 6.70. The Kier molecular flexibility index (Phi) is 8.56. The number of benzene rings is 3. The van der Waals surface area contributed by atoms with Crippen molar-refractivity contribution in [2.24, 2.45) is 5.10 Å². The number of Topliss-reactive ketones (excluding diaryl/α,β-unsaturated/α-hetero) is 1. The summed E-state index contributed by atoms with van der Waals surface area (Å²) < 4.78 is 9.14. The zero-order valence-electron chi connectivity index (χ0n) is 18.3. The summed E-state index contributed by atoms with van der Waals surface area (Å²) in [7, 11) is 0. The number of hydrazone groups is 1. The van der Waals surface area contributed by atoms with Gasteiger partial charge in [0.25, 0.3) is 5.95 Å². The number of nitrogens with one attached hydrogen (secondary N) is 1. The van der Waals surface area contributed by atoms with Crippen molar-refractivity contribution < 1.29 is 9.53 Å². The summed E-state index contributed by atoms with van der Waals surface area (Å²) in [5.41, 5.74) is 5.23. The summed E-state index contributed by atoms with van der Waals surface area (Å²) in [5.74, 6) is 7.16. The molecule has 0 bridgehead atoms. The maximum Gasteiger partial charge on any atom is 0.264 e. The molecule has 3 aromatic carbocycles. The summed E-state index contributed by atoms with van der Waals surface area (Å²) in [6, 6.07) is 22.7. The van der Waals surface area contributed by atoms with E-state index in [1.54, 1.807) is 18.3 Å². The summed E-state index contributed by atoms with van der Waals surface area (Å²) in [6.07, 6.45) is 1.62. The number of hydrogen-bond acceptors (Lipinski definition) is 8. The van der Waals surface area contributed by atoms with Crippen molar-refractivity contribution in [3.63, 3.8) is 0 Å². The molecule has 8 nitrogen and oxygen atoms in total. The number of halogens is 2. The third kappa shape index (κ3) is 6.93. The van der Waals surface area contributed by atoms with Crippen LogP contribution in [0.3, 0.4) is 0 Å². The van der Waals surface area contributed by atoms with Gasteiger partial charge in [0.15, 0.2) is 5.78 Å². The fraction of sp³-hybridized carbons (Fsp3) is 0.0833. The summed E-state index contributed by atoms with van der Waals surface area (Å²) >= 11 is 8.03. The van der Waals surface area contributed by atoms with E-state index >= 15 is 0 Å². The number of aromatic nitrogens is 3. The van der Waals surface area contributed by atoms with Gasteiger partial charge in [-0.05, 0) is 42.0 Å². The maximum atomic E-state index is 12.4. The minimum atomic E-state index is -0.0301. The normalized spacial score (nSPS) is 11.0. The highest BCUT2D eigenvalue weighted by Gasteiger charge is 2.13. The number of nitrogen functional groups attached to an aromatic ring is 1. The number of nitrogens with zero attached hydrogens (tertiary/aromatic N) is 4. The van der Waals surface area contributed by atoms with E-state index in [9.17, 15) is 4.79 Å². The summed E-state index contributed by atoms with van der Waals surface area (Å²) in [6.45, 7) is 0.425. The topological polar surface area (TPSA) is 107 Å². The van der Waals surface area contributed by atoms with Gasteiger partial charge in [0, 0.05) is 20.1 Å². The quantitative estimate of drug-likeness (QED) is 0.0795. The van der Waals surface area contributed by atoms with Crippen LogP contribution >= 0.6 is 43.6 Å². The molecule has 0 aliphatic carbocycles. The number of carbonyl (C=O) groups excluding carboxylic acids is 1. The van der Waals surface area contributed by atoms with Crippen molar-refractivity contribution >= 4 is 61.6 Å². The largest absolute Gasteiger partial charge is 0.488 e. The monoisotopic (exact) mass is 614 g/mol. The van der Waals surface area contributed by atoms with Crippen LogP contribution in [0.4, 0.5) is 5.95 Å². The van der Waals surface area contributed by atoms with E-state index in [0.29, 0.717) is 23.1 Å². The van der Waals surface area contributed by atoms with Crippen LogP contribution in [0.2, 0.25) is 0 Å². The van der Waals surface area contributed by atoms with Crippen molar-refractivity contribution in [1.29, 1.82) is 0 Å². The molecular formula is C24H20Br2N6O2S. The molecule has 35 heavy (non-hydrogen) atoms. The molecule has 0 amide bonds. The molecule has 1 heterocycles. The van der Waals surface area contributed by atoms with Gasteiger partial charge in [0.2, 0.25) is 5.16 Å². The molecule has 0 radical (unpaired) electrons. The Morgan fingerprint density at radius 1 is 1.06 bits per heavy atom. The highest BCUT2D eigenvalue weighted by molar-refractivity contribution is 9.10. The second-order valence-electron chi connectivity index (χ2n) is 7.22. The Hall–Kier alpha value is -3.15. The van der Waals surface area contributed by atoms with E-state index in [0.717, 1.165) is 20.1 Å². The first-order valence-corrected chi connectivity index (χ1v) is 12.9. The first kappa shape index (κ1) is 25.0. The number of hydrogen-bond donors (Lipinski definition) is 2. The molecule has 4 rings (SSSR count). The molecule has 0 aliphatic heterocycles. The van der Waals surface area contributed by atoms with Gasteiger partial charge in [0.05, 0.1) is 12.0 Å². The standard InChI is InChI=1S/C24H20Br2N6O2S/c25-19-10-8-17(9-11-19)21(33)15-35-24-31-30-23(32(24)27)29-28-13-18-5-1-2-7-22(18)34-14-16-4-3-6-20(26)12-16/h1-13H,14-15,27H2,(H,29,30)/b28-13+. The zero-order chi connectivity index (χ0) is 24.6. The highest BCUT2D eigenvalue weighted by Crippen LogP contribution is 2.21. The molecule has 0 aliphatic rings. The lowest BCUT2D eigenvalue weighted by atomic mass is 10.2. The van der Waals surface area contributed by atoms with Crippen LogP contribution in [0.5, 0.6) is 5.75 Å². The first-order chi connectivity index (χ1) is 17.0. The molecule has 0 fully saturated rings. The van der Waals surface area contributed by atoms with Crippen LogP contribution in [0.1, 0.15) is 21.5 Å². The van der Waals surface area contributed by atoms with Gasteiger partial charge in [-0.15, -0.1) is 10.2 Å². The van der Waals surface area contributed by atoms with E-state index in [2.05, 4.69) is 52.6 Å². The van der Waals surface area contributed by atoms with E-state index in [-0.39, 0.29) is 17.5 Å². The van der Waals surface area contributed by atoms with Gasteiger partial charge in [-0.2, -0.15) is 5.10 Å². The average molecular weight is 616 g/mol. The van der Waals surface area contributed by atoms with Crippen LogP contribution < -0.4 is 16.0 Å². The summed E-state index contributed by atoms with van der Waals surface area (Å²) in [4.78, 5) is 12.4. The van der Waals surface area contributed by atoms with E-state index < -0.39 is 0 Å². The van der Waals surface area contributed by atoms with Crippen molar-refractivity contribution in [3.05, 3.63) is 98.4 Å². The predicted octanol–water partition coefficient (Wildman–Crippen LogP) is 5.52. The Labute approximate surface area is 223 Å². The molecule has 0 atom stereocenters. The van der Waals surface area contributed by atoms with Crippen molar-refractivity contribution in [2.45, 2.75) is 11.8 Å². The van der Waals surface area contributed by atoms with Gasteiger partial charge in [0.1, 0.15) is 12.4 Å². The van der Waals surface area contributed by atoms with Gasteiger partial charge >= 0.3 is 0 Å². The molecule has 3 N–H and O–H groups in total. The molecule has 0 saturated carbocycles. The lowest BCUT2D eigenvalue weighted by Crippen LogP contribution is -2.14. The zero-order valence-corrected chi connectivity index (χ0v) is 22.3. The molecule has 1 aromatic heterocycles. The fourth-order valence-electron chi connectivity index (χ4n) is 2.97. The molecule has 11 heteroatoms. The number of thioether (sulfide) groups is 1. The number of para-hydroxylation sites is 1. The molecule has 0 spiro atoms. The van der Waals surface area contributed by atoms with Crippen molar-refractivity contribution in [2.75, 3.05) is 17.0 Å².